The minimum Gasteiger partial charge on any atom is -0.337 e. The number of carbonyl (C=O) groups excluding carboxylic acids is 3. The molecule has 32 heavy (non-hydrogen) atoms. The maximum atomic E-state index is 13.3. The monoisotopic (exact) mass is 485 g/mol. The van der Waals surface area contributed by atoms with E-state index in [0.29, 0.717) is 41.8 Å². The van der Waals surface area contributed by atoms with Crippen molar-refractivity contribution < 1.29 is 14.4 Å². The number of piperazine rings is 1. The summed E-state index contributed by atoms with van der Waals surface area (Å²) >= 11 is 12.0. The lowest BCUT2D eigenvalue weighted by molar-refractivity contribution is -0.136. The number of halogens is 2. The molecule has 1 fully saturated rings. The zero-order valence-corrected chi connectivity index (χ0v) is 20.8. The molecule has 1 heterocycles. The van der Waals surface area contributed by atoms with Gasteiger partial charge >= 0.3 is 12.1 Å². The molecular formula is C22H33Cl2N5O3. The number of amides is 5. The molecule has 5 amide bonds. The number of nitrogens with zero attached hydrogens (tertiary/aromatic N) is 2. The lowest BCUT2D eigenvalue weighted by atomic mass is 9.97. The Kier molecular flexibility index (Phi) is 9.46. The highest BCUT2D eigenvalue weighted by Gasteiger charge is 2.35. The number of benzene rings is 1. The van der Waals surface area contributed by atoms with Gasteiger partial charge < -0.3 is 25.8 Å². The van der Waals surface area contributed by atoms with Gasteiger partial charge in [-0.05, 0) is 44.9 Å². The van der Waals surface area contributed by atoms with Crippen molar-refractivity contribution in [2.75, 3.05) is 25.0 Å². The van der Waals surface area contributed by atoms with Crippen LogP contribution in [-0.2, 0) is 4.79 Å². The van der Waals surface area contributed by atoms with Gasteiger partial charge in [0.2, 0.25) is 5.91 Å². The van der Waals surface area contributed by atoms with Crippen molar-refractivity contribution in [3.8, 4) is 0 Å². The number of rotatable bonds is 6. The van der Waals surface area contributed by atoms with Crippen LogP contribution in [0.25, 0.3) is 0 Å². The summed E-state index contributed by atoms with van der Waals surface area (Å²) in [7, 11) is 0. The largest absolute Gasteiger partial charge is 0.337 e. The number of carbonyl (C=O) groups is 3. The molecule has 3 atom stereocenters. The van der Waals surface area contributed by atoms with Gasteiger partial charge in [0.25, 0.3) is 0 Å². The summed E-state index contributed by atoms with van der Waals surface area (Å²) in [5, 5.41) is 9.15. The SMILES string of the molecule is CCC(C)C(NC(=O)Nc1ccc(Cl)cc1Cl)C(=O)N1CCN(C(=O)NC(C)C)C(C)C1. The number of urea groups is 2. The molecule has 0 saturated carbocycles. The summed E-state index contributed by atoms with van der Waals surface area (Å²) in [4.78, 5) is 41.8. The van der Waals surface area contributed by atoms with Crippen molar-refractivity contribution in [1.82, 2.24) is 20.4 Å². The van der Waals surface area contributed by atoms with Crippen molar-refractivity contribution in [1.29, 1.82) is 0 Å². The Bertz CT molecular complexity index is 836. The van der Waals surface area contributed by atoms with Gasteiger partial charge in [-0.15, -0.1) is 0 Å². The fraction of sp³-hybridized carbons (Fsp3) is 0.591. The van der Waals surface area contributed by atoms with Crippen molar-refractivity contribution in [2.24, 2.45) is 5.92 Å². The van der Waals surface area contributed by atoms with Crippen LogP contribution in [0.5, 0.6) is 0 Å². The molecule has 0 spiro atoms. The molecule has 3 unspecified atom stereocenters. The van der Waals surface area contributed by atoms with E-state index < -0.39 is 12.1 Å². The highest BCUT2D eigenvalue weighted by Crippen LogP contribution is 2.25. The first kappa shape index (κ1) is 26.1. The van der Waals surface area contributed by atoms with Gasteiger partial charge in [0.15, 0.2) is 0 Å². The van der Waals surface area contributed by atoms with E-state index in [1.54, 1.807) is 21.9 Å². The highest BCUT2D eigenvalue weighted by molar-refractivity contribution is 6.36. The van der Waals surface area contributed by atoms with Crippen LogP contribution in [0, 0.1) is 5.92 Å². The molecule has 0 bridgehead atoms. The molecule has 3 N–H and O–H groups in total. The third-order valence-electron chi connectivity index (χ3n) is 5.56. The second-order valence-electron chi connectivity index (χ2n) is 8.52. The van der Waals surface area contributed by atoms with Crippen molar-refractivity contribution in [2.45, 2.75) is 59.2 Å². The quantitative estimate of drug-likeness (QED) is 0.563. The van der Waals surface area contributed by atoms with Crippen LogP contribution in [-0.4, -0.2) is 65.5 Å². The molecule has 1 aromatic carbocycles. The van der Waals surface area contributed by atoms with Gasteiger partial charge in [0.1, 0.15) is 6.04 Å². The number of hydrogen-bond acceptors (Lipinski definition) is 3. The number of nitrogens with one attached hydrogen (secondary N) is 3. The van der Waals surface area contributed by atoms with Gasteiger partial charge in [-0.25, -0.2) is 9.59 Å². The van der Waals surface area contributed by atoms with E-state index in [1.165, 1.54) is 6.07 Å². The van der Waals surface area contributed by atoms with E-state index in [9.17, 15) is 14.4 Å². The Morgan fingerprint density at radius 1 is 1.12 bits per heavy atom. The summed E-state index contributed by atoms with van der Waals surface area (Å²) < 4.78 is 0. The highest BCUT2D eigenvalue weighted by atomic mass is 35.5. The number of anilines is 1. The first-order valence-electron chi connectivity index (χ1n) is 10.9. The topological polar surface area (TPSA) is 93.8 Å². The van der Waals surface area contributed by atoms with Crippen LogP contribution in [0.15, 0.2) is 18.2 Å². The normalized spacial score (nSPS) is 18.2. The smallest absolute Gasteiger partial charge is 0.319 e. The molecule has 178 valence electrons. The second kappa shape index (κ2) is 11.6. The molecule has 0 radical (unpaired) electrons. The Morgan fingerprint density at radius 2 is 1.81 bits per heavy atom. The van der Waals surface area contributed by atoms with Crippen LogP contribution in [0.2, 0.25) is 10.0 Å². The van der Waals surface area contributed by atoms with Gasteiger partial charge in [0, 0.05) is 36.7 Å². The second-order valence-corrected chi connectivity index (χ2v) is 9.36. The lowest BCUT2D eigenvalue weighted by Crippen LogP contribution is -2.61. The van der Waals surface area contributed by atoms with Crippen molar-refractivity contribution in [3.05, 3.63) is 28.2 Å². The fourth-order valence-electron chi connectivity index (χ4n) is 3.56. The zero-order valence-electron chi connectivity index (χ0n) is 19.2. The van der Waals surface area contributed by atoms with E-state index in [1.807, 2.05) is 34.6 Å². The lowest BCUT2D eigenvalue weighted by Gasteiger charge is -2.41. The standard InChI is InChI=1S/C22H33Cl2N5O3/c1-6-14(4)19(27-21(31)26-18-8-7-16(23)11-17(18)24)20(30)28-9-10-29(15(5)12-28)22(32)25-13(2)3/h7-8,11,13-15,19H,6,9-10,12H2,1-5H3,(H,25,32)(H2,26,27,31). The summed E-state index contributed by atoms with van der Waals surface area (Å²) in [6, 6.07) is 3.32. The van der Waals surface area contributed by atoms with E-state index in [-0.39, 0.29) is 29.9 Å². The van der Waals surface area contributed by atoms with Crippen LogP contribution in [0.4, 0.5) is 15.3 Å². The molecular weight excluding hydrogens is 453 g/mol. The van der Waals surface area contributed by atoms with Crippen molar-refractivity contribution in [3.63, 3.8) is 0 Å². The zero-order chi connectivity index (χ0) is 24.0. The molecule has 1 aliphatic rings. The Balaban J connectivity index is 2.05. The first-order chi connectivity index (χ1) is 15.0. The van der Waals surface area contributed by atoms with Gasteiger partial charge in [-0.1, -0.05) is 43.5 Å². The van der Waals surface area contributed by atoms with Crippen LogP contribution in [0.1, 0.15) is 41.0 Å². The van der Waals surface area contributed by atoms with Gasteiger partial charge in [0.05, 0.1) is 10.7 Å². The molecule has 1 aliphatic heterocycles. The fourth-order valence-corrected chi connectivity index (χ4v) is 4.02. The van der Waals surface area contributed by atoms with Crippen LogP contribution in [0.3, 0.4) is 0 Å². The average molecular weight is 486 g/mol. The Labute approximate surface area is 200 Å². The van der Waals surface area contributed by atoms with Crippen molar-refractivity contribution >= 4 is 46.9 Å². The minimum absolute atomic E-state index is 0.0426. The third-order valence-corrected chi connectivity index (χ3v) is 6.10. The molecule has 1 saturated heterocycles. The Morgan fingerprint density at radius 3 is 2.38 bits per heavy atom. The Hall–Kier alpha value is -2.19. The predicted octanol–water partition coefficient (Wildman–Crippen LogP) is 4.18. The van der Waals surface area contributed by atoms with Gasteiger partial charge in [-0.2, -0.15) is 0 Å². The molecule has 1 aromatic rings. The van der Waals surface area contributed by atoms with E-state index >= 15 is 0 Å². The van der Waals surface area contributed by atoms with Gasteiger partial charge in [-0.3, -0.25) is 4.79 Å². The maximum absolute atomic E-state index is 13.3. The molecule has 0 aromatic heterocycles. The van der Waals surface area contributed by atoms with Crippen LogP contribution >= 0.6 is 23.2 Å². The van der Waals surface area contributed by atoms with E-state index in [0.717, 1.165) is 0 Å². The summed E-state index contributed by atoms with van der Waals surface area (Å²) in [5.74, 6) is -0.237. The minimum atomic E-state index is -0.700. The first-order valence-corrected chi connectivity index (χ1v) is 11.7. The third kappa shape index (κ3) is 6.90. The molecule has 10 heteroatoms. The predicted molar refractivity (Wildman–Crippen MR) is 128 cm³/mol. The van der Waals surface area contributed by atoms with E-state index in [4.69, 9.17) is 23.2 Å². The van der Waals surface area contributed by atoms with E-state index in [2.05, 4.69) is 16.0 Å². The maximum Gasteiger partial charge on any atom is 0.319 e. The number of hydrogen-bond donors (Lipinski definition) is 3. The molecule has 8 nitrogen and oxygen atoms in total. The molecule has 2 rings (SSSR count). The summed E-state index contributed by atoms with van der Waals surface area (Å²) in [5.41, 5.74) is 0.405. The summed E-state index contributed by atoms with van der Waals surface area (Å²) in [6.45, 7) is 10.9. The molecule has 0 aliphatic carbocycles. The summed E-state index contributed by atoms with van der Waals surface area (Å²) in [6.07, 6.45) is 0.713. The van der Waals surface area contributed by atoms with Crippen LogP contribution < -0.4 is 16.0 Å². The average Bonchev–Trinajstić information content (AvgIpc) is 2.72.